The molecule has 0 aromatic carbocycles. The zero-order valence-electron chi connectivity index (χ0n) is 18.7. The Kier molecular flexibility index (Phi) is 4.79. The lowest BCUT2D eigenvalue weighted by Crippen LogP contribution is -2.62. The van der Waals surface area contributed by atoms with Gasteiger partial charge in [-0.3, -0.25) is 9.67 Å². The van der Waals surface area contributed by atoms with Gasteiger partial charge in [0.2, 0.25) is 0 Å². The second-order valence-corrected chi connectivity index (χ2v) is 8.98. The van der Waals surface area contributed by atoms with Gasteiger partial charge in [0.05, 0.1) is 23.4 Å². The van der Waals surface area contributed by atoms with Crippen LogP contribution in [0.25, 0.3) is 27.9 Å². The molecule has 0 saturated carbocycles. The van der Waals surface area contributed by atoms with Crippen molar-refractivity contribution < 1.29 is 5.11 Å². The smallest absolute Gasteiger partial charge is 0.333 e. The molecule has 5 heterocycles. The van der Waals surface area contributed by atoms with Crippen LogP contribution in [-0.4, -0.2) is 65.7 Å². The molecule has 1 fully saturated rings. The maximum Gasteiger partial charge on any atom is 0.333 e. The van der Waals surface area contributed by atoms with Gasteiger partial charge in [-0.1, -0.05) is 13.8 Å². The van der Waals surface area contributed by atoms with Gasteiger partial charge in [-0.25, -0.2) is 19.3 Å². The molecule has 32 heavy (non-hydrogen) atoms. The Balaban J connectivity index is 1.66. The highest BCUT2D eigenvalue weighted by Crippen LogP contribution is 2.30. The first kappa shape index (κ1) is 20.7. The van der Waals surface area contributed by atoms with Crippen LogP contribution in [0.15, 0.2) is 35.4 Å². The first-order valence-corrected chi connectivity index (χ1v) is 10.9. The summed E-state index contributed by atoms with van der Waals surface area (Å²) in [4.78, 5) is 26.9. The van der Waals surface area contributed by atoms with Gasteiger partial charge in [-0.15, -0.1) is 0 Å². The van der Waals surface area contributed by atoms with Crippen molar-refractivity contribution in [3.8, 4) is 5.82 Å². The van der Waals surface area contributed by atoms with Crippen LogP contribution >= 0.6 is 0 Å². The van der Waals surface area contributed by atoms with Gasteiger partial charge in [0.1, 0.15) is 11.3 Å². The Morgan fingerprint density at radius 3 is 2.94 bits per heavy atom. The van der Waals surface area contributed by atoms with E-state index in [1.807, 2.05) is 40.0 Å². The lowest BCUT2D eigenvalue weighted by atomic mass is 9.84. The number of anilines is 1. The van der Waals surface area contributed by atoms with Crippen LogP contribution in [0.5, 0.6) is 0 Å². The van der Waals surface area contributed by atoms with Crippen molar-refractivity contribution in [2.24, 2.45) is 13.0 Å². The molecule has 1 saturated heterocycles. The molecule has 3 N–H and O–H groups in total. The molecule has 168 valence electrons. The molecule has 0 unspecified atom stereocenters. The van der Waals surface area contributed by atoms with Crippen molar-refractivity contribution in [2.75, 3.05) is 24.5 Å². The van der Waals surface area contributed by atoms with Crippen molar-refractivity contribution in [1.82, 2.24) is 34.6 Å². The lowest BCUT2D eigenvalue weighted by molar-refractivity contribution is -0.0231. The van der Waals surface area contributed by atoms with Crippen molar-refractivity contribution in [1.29, 1.82) is 0 Å². The fourth-order valence-corrected chi connectivity index (χ4v) is 4.41. The van der Waals surface area contributed by atoms with Gasteiger partial charge in [-0.05, 0) is 31.0 Å². The number of nitrogens with one attached hydrogen (secondary N) is 2. The van der Waals surface area contributed by atoms with E-state index in [4.69, 9.17) is 4.98 Å². The number of aromatic amines is 1. The summed E-state index contributed by atoms with van der Waals surface area (Å²) >= 11 is 0. The van der Waals surface area contributed by atoms with Crippen LogP contribution < -0.4 is 15.9 Å². The second-order valence-electron chi connectivity index (χ2n) is 8.98. The van der Waals surface area contributed by atoms with Crippen LogP contribution in [0, 0.1) is 5.92 Å². The summed E-state index contributed by atoms with van der Waals surface area (Å²) in [6, 6.07) is 5.39. The Morgan fingerprint density at radius 1 is 1.34 bits per heavy atom. The predicted molar refractivity (Wildman–Crippen MR) is 123 cm³/mol. The van der Waals surface area contributed by atoms with E-state index in [-0.39, 0.29) is 17.6 Å². The van der Waals surface area contributed by atoms with Gasteiger partial charge >= 0.3 is 5.69 Å². The Labute approximate surface area is 184 Å². The maximum absolute atomic E-state index is 12.8. The average Bonchev–Trinajstić information content (AvgIpc) is 3.32. The molecule has 10 nitrogen and oxygen atoms in total. The summed E-state index contributed by atoms with van der Waals surface area (Å²) in [7, 11) is 1.89. The molecule has 4 aromatic heterocycles. The van der Waals surface area contributed by atoms with E-state index in [2.05, 4.69) is 25.3 Å². The summed E-state index contributed by atoms with van der Waals surface area (Å²) in [6.45, 7) is 7.96. The van der Waals surface area contributed by atoms with E-state index < -0.39 is 5.60 Å². The molecule has 0 bridgehead atoms. The summed E-state index contributed by atoms with van der Waals surface area (Å²) in [5.74, 6) is 1.34. The van der Waals surface area contributed by atoms with Gasteiger partial charge in [0.25, 0.3) is 0 Å². The number of imidazole rings is 1. The second kappa shape index (κ2) is 7.42. The Morgan fingerprint density at radius 2 is 2.16 bits per heavy atom. The minimum atomic E-state index is -0.874. The molecular weight excluding hydrogens is 408 g/mol. The summed E-state index contributed by atoms with van der Waals surface area (Å²) < 4.78 is 3.35. The molecule has 4 aromatic rings. The van der Waals surface area contributed by atoms with Crippen LogP contribution in [0.4, 0.5) is 5.82 Å². The largest absolute Gasteiger partial charge is 0.388 e. The van der Waals surface area contributed by atoms with Gasteiger partial charge in [0, 0.05) is 38.3 Å². The van der Waals surface area contributed by atoms with Crippen molar-refractivity contribution >= 4 is 27.9 Å². The SMILES string of the molecule is CC(C)[C@@](C)(O)[C@@H]1CN(c2nc(-n3c(=O)[nH]c4ncccc43)cc3cnn(C)c23)CCN1. The van der Waals surface area contributed by atoms with Crippen molar-refractivity contribution in [3.05, 3.63) is 41.1 Å². The Hall–Kier alpha value is -3.24. The monoisotopic (exact) mass is 436 g/mol. The number of pyridine rings is 2. The molecule has 0 amide bonds. The quantitative estimate of drug-likeness (QED) is 0.440. The fraction of sp³-hybridized carbons (Fsp3) is 0.455. The number of aryl methyl sites for hydroxylation is 1. The topological polar surface area (TPSA) is 117 Å². The highest BCUT2D eigenvalue weighted by molar-refractivity contribution is 5.91. The molecule has 2 atom stereocenters. The number of H-pyrrole nitrogens is 1. The van der Waals surface area contributed by atoms with Gasteiger partial charge < -0.3 is 15.3 Å². The molecule has 10 heteroatoms. The van der Waals surface area contributed by atoms with E-state index in [0.717, 1.165) is 29.8 Å². The van der Waals surface area contributed by atoms with Crippen molar-refractivity contribution in [2.45, 2.75) is 32.4 Å². The summed E-state index contributed by atoms with van der Waals surface area (Å²) in [5.41, 5.74) is 0.912. The van der Waals surface area contributed by atoms with Crippen LogP contribution in [-0.2, 0) is 7.05 Å². The molecule has 0 radical (unpaired) electrons. The number of hydrogen-bond donors (Lipinski definition) is 3. The number of fused-ring (bicyclic) bond motifs is 2. The molecular formula is C22H28N8O2. The third-order valence-corrected chi connectivity index (χ3v) is 6.72. The summed E-state index contributed by atoms with van der Waals surface area (Å²) in [5, 5.41) is 19.9. The molecule has 1 aliphatic rings. The highest BCUT2D eigenvalue weighted by Gasteiger charge is 2.38. The fourth-order valence-electron chi connectivity index (χ4n) is 4.41. The minimum absolute atomic E-state index is 0.0910. The normalized spacial score (nSPS) is 19.2. The Bertz CT molecular complexity index is 1350. The van der Waals surface area contributed by atoms with Crippen molar-refractivity contribution in [3.63, 3.8) is 0 Å². The van der Waals surface area contributed by atoms with E-state index in [9.17, 15) is 9.90 Å². The van der Waals surface area contributed by atoms with Gasteiger partial charge in [0.15, 0.2) is 11.5 Å². The van der Waals surface area contributed by atoms with Gasteiger partial charge in [-0.2, -0.15) is 5.10 Å². The van der Waals surface area contributed by atoms with E-state index >= 15 is 0 Å². The zero-order valence-corrected chi connectivity index (χ0v) is 18.7. The number of rotatable bonds is 4. The van der Waals surface area contributed by atoms with Crippen LogP contribution in [0.1, 0.15) is 20.8 Å². The zero-order chi connectivity index (χ0) is 22.6. The van der Waals surface area contributed by atoms with E-state index in [0.29, 0.717) is 23.5 Å². The molecule has 0 spiro atoms. The van der Waals surface area contributed by atoms with E-state index in [1.165, 1.54) is 0 Å². The number of piperazine rings is 1. The van der Waals surface area contributed by atoms with Crippen LogP contribution in [0.2, 0.25) is 0 Å². The maximum atomic E-state index is 12.8. The average molecular weight is 437 g/mol. The molecule has 5 rings (SSSR count). The first-order chi connectivity index (χ1) is 15.3. The molecule has 0 aliphatic carbocycles. The number of aliphatic hydroxyl groups is 1. The minimum Gasteiger partial charge on any atom is -0.388 e. The highest BCUT2D eigenvalue weighted by atomic mass is 16.3. The first-order valence-electron chi connectivity index (χ1n) is 10.9. The molecule has 1 aliphatic heterocycles. The third kappa shape index (κ3) is 3.18. The number of hydrogen-bond acceptors (Lipinski definition) is 7. The van der Waals surface area contributed by atoms with Crippen LogP contribution in [0.3, 0.4) is 0 Å². The van der Waals surface area contributed by atoms with E-state index in [1.54, 1.807) is 27.7 Å². The third-order valence-electron chi connectivity index (χ3n) is 6.72. The summed E-state index contributed by atoms with van der Waals surface area (Å²) in [6.07, 6.45) is 3.43. The standard InChI is InChI=1S/C22H28N8O2/c1-13(2)22(3,32)16-12-29(9-8-23-16)20-18-14(11-25-28(18)4)10-17(26-20)30-15-6-5-7-24-19(15)27-21(30)31/h5-7,10-11,13,16,23,32H,8-9,12H2,1-4H3,(H,24,27,31)/t16-,22+/m0/s1. The number of nitrogens with zero attached hydrogens (tertiary/aromatic N) is 6. The predicted octanol–water partition coefficient (Wildman–Crippen LogP) is 1.18. The number of aromatic nitrogens is 6. The lowest BCUT2D eigenvalue weighted by Gasteiger charge is -2.43.